The molecule has 23 heavy (non-hydrogen) atoms. The first-order chi connectivity index (χ1) is 11.3. The van der Waals surface area contributed by atoms with Crippen LogP contribution in [0.15, 0.2) is 49.1 Å². The molecular formula is C18H19ClN4. The molecular weight excluding hydrogens is 308 g/mol. The minimum Gasteiger partial charge on any atom is -0.333 e. The molecule has 5 heteroatoms. The van der Waals surface area contributed by atoms with Gasteiger partial charge >= 0.3 is 0 Å². The predicted molar refractivity (Wildman–Crippen MR) is 92.5 cm³/mol. The van der Waals surface area contributed by atoms with E-state index in [-0.39, 0.29) is 0 Å². The summed E-state index contributed by atoms with van der Waals surface area (Å²) in [4.78, 5) is 11.2. The Morgan fingerprint density at radius 3 is 3.04 bits per heavy atom. The van der Waals surface area contributed by atoms with Crippen LogP contribution >= 0.6 is 11.6 Å². The van der Waals surface area contributed by atoms with E-state index in [0.29, 0.717) is 11.2 Å². The number of halogens is 1. The first-order valence-electron chi connectivity index (χ1n) is 8.03. The lowest BCUT2D eigenvalue weighted by Gasteiger charge is -2.33. The second-order valence-electron chi connectivity index (χ2n) is 6.17. The molecule has 118 valence electrons. The molecule has 0 saturated carbocycles. The molecule has 0 bridgehead atoms. The van der Waals surface area contributed by atoms with Crippen LogP contribution in [0.5, 0.6) is 0 Å². The zero-order valence-electron chi connectivity index (χ0n) is 12.9. The molecule has 0 amide bonds. The van der Waals surface area contributed by atoms with E-state index in [1.54, 1.807) is 0 Å². The van der Waals surface area contributed by atoms with E-state index in [4.69, 9.17) is 11.6 Å². The lowest BCUT2D eigenvalue weighted by Crippen LogP contribution is -2.35. The van der Waals surface area contributed by atoms with Crippen LogP contribution in [0.2, 0.25) is 5.15 Å². The van der Waals surface area contributed by atoms with E-state index in [9.17, 15) is 0 Å². The maximum Gasteiger partial charge on any atom is 0.134 e. The van der Waals surface area contributed by atoms with E-state index in [1.807, 2.05) is 30.7 Å². The average molecular weight is 327 g/mol. The van der Waals surface area contributed by atoms with Gasteiger partial charge in [-0.3, -0.25) is 4.90 Å². The molecule has 4 rings (SSSR count). The Morgan fingerprint density at radius 1 is 1.26 bits per heavy atom. The number of benzene rings is 1. The van der Waals surface area contributed by atoms with Gasteiger partial charge in [-0.2, -0.15) is 0 Å². The van der Waals surface area contributed by atoms with Crippen molar-refractivity contribution >= 4 is 22.5 Å². The molecule has 0 N–H and O–H groups in total. The molecule has 1 atom stereocenters. The van der Waals surface area contributed by atoms with Crippen molar-refractivity contribution in [2.75, 3.05) is 13.1 Å². The summed E-state index contributed by atoms with van der Waals surface area (Å²) < 4.78 is 2.21. The molecule has 3 aromatic rings. The predicted octanol–water partition coefficient (Wildman–Crippen LogP) is 3.92. The smallest absolute Gasteiger partial charge is 0.134 e. The number of pyridine rings is 1. The summed E-state index contributed by atoms with van der Waals surface area (Å²) in [5, 5.41) is 1.77. The van der Waals surface area contributed by atoms with Gasteiger partial charge in [0.2, 0.25) is 0 Å². The van der Waals surface area contributed by atoms with Crippen molar-refractivity contribution < 1.29 is 0 Å². The highest BCUT2D eigenvalue weighted by atomic mass is 35.5. The van der Waals surface area contributed by atoms with Crippen molar-refractivity contribution in [1.82, 2.24) is 19.4 Å². The third kappa shape index (κ3) is 3.09. The largest absolute Gasteiger partial charge is 0.333 e. The van der Waals surface area contributed by atoms with Crippen LogP contribution in [-0.4, -0.2) is 32.5 Å². The van der Waals surface area contributed by atoms with Crippen LogP contribution < -0.4 is 0 Å². The standard InChI is InChI=1S/C18H19ClN4/c19-18-15(10-14-4-1-2-6-17(14)21-18)11-22-8-3-5-16(12-22)23-9-7-20-13-23/h1-2,4,6-7,9-10,13,16H,3,5,8,11-12H2/t16-/m0/s1. The first kappa shape index (κ1) is 14.7. The van der Waals surface area contributed by atoms with Gasteiger partial charge < -0.3 is 4.57 Å². The molecule has 1 aromatic carbocycles. The topological polar surface area (TPSA) is 34.0 Å². The molecule has 0 unspecified atom stereocenters. The molecule has 4 nitrogen and oxygen atoms in total. The quantitative estimate of drug-likeness (QED) is 0.684. The van der Waals surface area contributed by atoms with Crippen LogP contribution in [0, 0.1) is 0 Å². The van der Waals surface area contributed by atoms with Crippen molar-refractivity contribution in [3.63, 3.8) is 0 Å². The Labute approximate surface area is 140 Å². The van der Waals surface area contributed by atoms with Gasteiger partial charge in [-0.05, 0) is 31.5 Å². The number of rotatable bonds is 3. The first-order valence-corrected chi connectivity index (χ1v) is 8.41. The van der Waals surface area contributed by atoms with Gasteiger partial charge in [-0.25, -0.2) is 9.97 Å². The molecule has 1 aliphatic heterocycles. The van der Waals surface area contributed by atoms with E-state index in [2.05, 4.69) is 37.8 Å². The fraction of sp³-hybridized carbons (Fsp3) is 0.333. The number of fused-ring (bicyclic) bond motifs is 1. The SMILES string of the molecule is Clc1nc2ccccc2cc1CN1CCC[C@H](n2ccnc2)C1. The number of imidazole rings is 1. The summed E-state index contributed by atoms with van der Waals surface area (Å²) in [6.07, 6.45) is 8.22. The Balaban J connectivity index is 1.54. The van der Waals surface area contributed by atoms with Crippen molar-refractivity contribution in [3.05, 3.63) is 59.8 Å². The minimum absolute atomic E-state index is 0.499. The fourth-order valence-electron chi connectivity index (χ4n) is 3.39. The summed E-state index contributed by atoms with van der Waals surface area (Å²) in [5.74, 6) is 0. The number of piperidine rings is 1. The second kappa shape index (κ2) is 6.30. The molecule has 0 spiro atoms. The van der Waals surface area contributed by atoms with Gasteiger partial charge in [0.1, 0.15) is 5.15 Å². The van der Waals surface area contributed by atoms with Crippen LogP contribution in [-0.2, 0) is 6.54 Å². The Morgan fingerprint density at radius 2 is 2.17 bits per heavy atom. The summed E-state index contributed by atoms with van der Waals surface area (Å²) >= 11 is 6.41. The Bertz CT molecular complexity index is 800. The molecule has 3 heterocycles. The van der Waals surface area contributed by atoms with E-state index < -0.39 is 0 Å². The van der Waals surface area contributed by atoms with Gasteiger partial charge in [-0.1, -0.05) is 29.8 Å². The molecule has 1 aliphatic rings. The molecule has 0 aliphatic carbocycles. The number of para-hydroxylation sites is 1. The number of aromatic nitrogens is 3. The highest BCUT2D eigenvalue weighted by Gasteiger charge is 2.21. The Hall–Kier alpha value is -1.91. The van der Waals surface area contributed by atoms with Crippen LogP contribution in [0.3, 0.4) is 0 Å². The number of hydrogen-bond donors (Lipinski definition) is 0. The number of likely N-dealkylation sites (tertiary alicyclic amines) is 1. The maximum atomic E-state index is 6.41. The zero-order chi connectivity index (χ0) is 15.6. The van der Waals surface area contributed by atoms with Crippen molar-refractivity contribution in [1.29, 1.82) is 0 Å². The van der Waals surface area contributed by atoms with Gasteiger partial charge in [0, 0.05) is 42.5 Å². The van der Waals surface area contributed by atoms with E-state index in [0.717, 1.165) is 36.1 Å². The third-order valence-corrected chi connectivity index (χ3v) is 4.90. The second-order valence-corrected chi connectivity index (χ2v) is 6.53. The Kier molecular flexibility index (Phi) is 4.02. The third-order valence-electron chi connectivity index (χ3n) is 4.57. The van der Waals surface area contributed by atoms with E-state index in [1.165, 1.54) is 12.8 Å². The van der Waals surface area contributed by atoms with Gasteiger partial charge in [0.15, 0.2) is 0 Å². The molecule has 2 aromatic heterocycles. The summed E-state index contributed by atoms with van der Waals surface area (Å²) in [7, 11) is 0. The average Bonchev–Trinajstić information content (AvgIpc) is 3.10. The fourth-order valence-corrected chi connectivity index (χ4v) is 3.60. The molecule has 1 fully saturated rings. The lowest BCUT2D eigenvalue weighted by atomic mass is 10.0. The maximum absolute atomic E-state index is 6.41. The molecule has 1 saturated heterocycles. The van der Waals surface area contributed by atoms with Crippen molar-refractivity contribution in [2.24, 2.45) is 0 Å². The van der Waals surface area contributed by atoms with Crippen LogP contribution in [0.4, 0.5) is 0 Å². The van der Waals surface area contributed by atoms with Crippen LogP contribution in [0.25, 0.3) is 10.9 Å². The summed E-state index contributed by atoms with van der Waals surface area (Å²) in [6.45, 7) is 2.98. The van der Waals surface area contributed by atoms with E-state index >= 15 is 0 Å². The normalized spacial score (nSPS) is 19.3. The minimum atomic E-state index is 0.499. The van der Waals surface area contributed by atoms with Crippen molar-refractivity contribution in [2.45, 2.75) is 25.4 Å². The number of nitrogens with zero attached hydrogens (tertiary/aromatic N) is 4. The highest BCUT2D eigenvalue weighted by Crippen LogP contribution is 2.26. The molecule has 0 radical (unpaired) electrons. The summed E-state index contributed by atoms with van der Waals surface area (Å²) in [6, 6.07) is 10.8. The van der Waals surface area contributed by atoms with Gasteiger partial charge in [-0.15, -0.1) is 0 Å². The van der Waals surface area contributed by atoms with Gasteiger partial charge in [0.25, 0.3) is 0 Å². The monoisotopic (exact) mass is 326 g/mol. The summed E-state index contributed by atoms with van der Waals surface area (Å²) in [5.41, 5.74) is 2.06. The number of hydrogen-bond acceptors (Lipinski definition) is 3. The van der Waals surface area contributed by atoms with Crippen LogP contribution in [0.1, 0.15) is 24.4 Å². The highest BCUT2D eigenvalue weighted by molar-refractivity contribution is 6.30. The van der Waals surface area contributed by atoms with Gasteiger partial charge in [0.05, 0.1) is 11.8 Å². The lowest BCUT2D eigenvalue weighted by molar-refractivity contribution is 0.170. The van der Waals surface area contributed by atoms with Crippen molar-refractivity contribution in [3.8, 4) is 0 Å². The zero-order valence-corrected chi connectivity index (χ0v) is 13.7.